The Labute approximate surface area is 217 Å². The molecular formula is C31H34FN3O2. The smallest absolute Gasteiger partial charge is 0.226 e. The Balaban J connectivity index is 1.44. The van der Waals surface area contributed by atoms with Crippen LogP contribution in [0.2, 0.25) is 0 Å². The lowest BCUT2D eigenvalue weighted by Crippen LogP contribution is -2.42. The van der Waals surface area contributed by atoms with Gasteiger partial charge < -0.3 is 10.1 Å². The van der Waals surface area contributed by atoms with Gasteiger partial charge in [-0.05, 0) is 78.8 Å². The Morgan fingerprint density at radius 3 is 2.35 bits per heavy atom. The van der Waals surface area contributed by atoms with Crippen LogP contribution in [0.15, 0.2) is 72.9 Å². The Morgan fingerprint density at radius 1 is 1.05 bits per heavy atom. The molecule has 1 amide bonds. The van der Waals surface area contributed by atoms with Crippen molar-refractivity contribution >= 4 is 16.8 Å². The second kappa shape index (κ2) is 9.33. The molecule has 6 heteroatoms. The fraction of sp³-hybridized carbons (Fsp3) is 0.355. The fourth-order valence-electron chi connectivity index (χ4n) is 4.52. The van der Waals surface area contributed by atoms with Crippen LogP contribution in [0.4, 0.5) is 4.39 Å². The molecule has 1 N–H and O–H groups in total. The molecule has 0 saturated heterocycles. The third-order valence-electron chi connectivity index (χ3n) is 7.34. The summed E-state index contributed by atoms with van der Waals surface area (Å²) in [7, 11) is 0. The highest BCUT2D eigenvalue weighted by Gasteiger charge is 2.45. The molecule has 1 saturated carbocycles. The van der Waals surface area contributed by atoms with Crippen LogP contribution in [0.3, 0.4) is 0 Å². The molecule has 37 heavy (non-hydrogen) atoms. The minimum atomic E-state index is -0.370. The number of benzene rings is 3. The van der Waals surface area contributed by atoms with Gasteiger partial charge >= 0.3 is 0 Å². The Hall–Kier alpha value is -3.67. The van der Waals surface area contributed by atoms with Crippen LogP contribution in [0.1, 0.15) is 64.7 Å². The first-order chi connectivity index (χ1) is 17.5. The summed E-state index contributed by atoms with van der Waals surface area (Å²) in [6.45, 7) is 10.6. The van der Waals surface area contributed by atoms with E-state index in [4.69, 9.17) is 4.74 Å². The first kappa shape index (κ1) is 25.0. The van der Waals surface area contributed by atoms with Crippen LogP contribution < -0.4 is 10.1 Å². The quantitative estimate of drug-likeness (QED) is 0.301. The van der Waals surface area contributed by atoms with E-state index >= 15 is 0 Å². The molecule has 0 spiro atoms. The highest BCUT2D eigenvalue weighted by molar-refractivity contribution is 5.85. The van der Waals surface area contributed by atoms with E-state index in [9.17, 15) is 9.18 Å². The largest absolute Gasteiger partial charge is 0.484 e. The van der Waals surface area contributed by atoms with E-state index in [1.54, 1.807) is 23.0 Å². The van der Waals surface area contributed by atoms with Crippen LogP contribution in [-0.4, -0.2) is 21.7 Å². The van der Waals surface area contributed by atoms with Crippen molar-refractivity contribution in [3.05, 3.63) is 89.9 Å². The number of carbonyl (C=O) groups excluding carboxylic acids is 1. The molecule has 5 nitrogen and oxygen atoms in total. The van der Waals surface area contributed by atoms with Gasteiger partial charge in [-0.1, -0.05) is 52.0 Å². The topological polar surface area (TPSA) is 56.1 Å². The molecule has 3 aromatic carbocycles. The van der Waals surface area contributed by atoms with Crippen molar-refractivity contribution in [3.63, 3.8) is 0 Å². The molecule has 2 atom stereocenters. The van der Waals surface area contributed by atoms with Gasteiger partial charge in [0.05, 0.1) is 23.4 Å². The van der Waals surface area contributed by atoms with E-state index in [1.807, 2.05) is 32.0 Å². The van der Waals surface area contributed by atoms with Gasteiger partial charge in [-0.25, -0.2) is 9.07 Å². The number of fused-ring (bicyclic) bond motifs is 1. The van der Waals surface area contributed by atoms with Gasteiger partial charge in [0.25, 0.3) is 0 Å². The summed E-state index contributed by atoms with van der Waals surface area (Å²) in [5.74, 6) is 0.486. The summed E-state index contributed by atoms with van der Waals surface area (Å²) in [5, 5.41) is 8.61. The zero-order chi connectivity index (χ0) is 26.4. The third-order valence-corrected chi connectivity index (χ3v) is 7.34. The van der Waals surface area contributed by atoms with Crippen LogP contribution >= 0.6 is 0 Å². The zero-order valence-corrected chi connectivity index (χ0v) is 22.1. The van der Waals surface area contributed by atoms with Crippen molar-refractivity contribution < 1.29 is 13.9 Å². The van der Waals surface area contributed by atoms with E-state index < -0.39 is 0 Å². The number of rotatable bonds is 7. The van der Waals surface area contributed by atoms with Crippen molar-refractivity contribution in [2.24, 2.45) is 5.41 Å². The maximum absolute atomic E-state index is 13.4. The summed E-state index contributed by atoms with van der Waals surface area (Å²) >= 11 is 0. The number of ether oxygens (including phenoxy) is 1. The fourth-order valence-corrected chi connectivity index (χ4v) is 4.52. The minimum absolute atomic E-state index is 0.0466. The maximum Gasteiger partial charge on any atom is 0.226 e. The number of carbonyl (C=O) groups is 1. The maximum atomic E-state index is 13.4. The molecule has 0 bridgehead atoms. The van der Waals surface area contributed by atoms with E-state index in [0.717, 1.165) is 35.0 Å². The second-order valence-corrected chi connectivity index (χ2v) is 11.5. The van der Waals surface area contributed by atoms with Crippen molar-refractivity contribution in [3.8, 4) is 11.4 Å². The number of amides is 1. The van der Waals surface area contributed by atoms with Gasteiger partial charge in [-0.3, -0.25) is 4.79 Å². The SMILES string of the molecule is CC(NC(=O)C1(C)CC1)C(Oc1ccc2c(cnn2-c2ccc(F)cc2)c1)c1ccc(C(C)(C)C)cc1. The standard InChI is InChI=1S/C31H34FN3O2/c1-20(34-29(36)31(5)16-17-31)28(21-6-8-23(9-7-21)30(2,3)4)37-26-14-15-27-22(18-26)19-33-35(27)25-12-10-24(32)11-13-25/h6-15,18-20,28H,16-17H2,1-5H3,(H,34,36). The monoisotopic (exact) mass is 499 g/mol. The van der Waals surface area contributed by atoms with Crippen LogP contribution in [-0.2, 0) is 10.2 Å². The lowest BCUT2D eigenvalue weighted by atomic mass is 9.86. The minimum Gasteiger partial charge on any atom is -0.484 e. The highest BCUT2D eigenvalue weighted by Crippen LogP contribution is 2.45. The zero-order valence-electron chi connectivity index (χ0n) is 22.1. The molecule has 1 aliphatic rings. The summed E-state index contributed by atoms with van der Waals surface area (Å²) in [6, 6.07) is 20.3. The summed E-state index contributed by atoms with van der Waals surface area (Å²) < 4.78 is 21.7. The van der Waals surface area contributed by atoms with Crippen LogP contribution in [0.25, 0.3) is 16.6 Å². The molecule has 2 unspecified atom stereocenters. The number of aromatic nitrogens is 2. The third kappa shape index (κ3) is 5.24. The number of nitrogens with one attached hydrogen (secondary N) is 1. The first-order valence-electron chi connectivity index (χ1n) is 12.9. The number of hydrogen-bond acceptors (Lipinski definition) is 3. The van der Waals surface area contributed by atoms with Gasteiger partial charge in [0, 0.05) is 10.8 Å². The summed E-state index contributed by atoms with van der Waals surface area (Å²) in [4.78, 5) is 12.8. The van der Waals surface area contributed by atoms with Gasteiger partial charge in [0.1, 0.15) is 17.7 Å². The summed E-state index contributed by atoms with van der Waals surface area (Å²) in [5.41, 5.74) is 3.71. The van der Waals surface area contributed by atoms with E-state index in [-0.39, 0.29) is 34.7 Å². The predicted octanol–water partition coefficient (Wildman–Crippen LogP) is 6.89. The molecule has 4 aromatic rings. The van der Waals surface area contributed by atoms with Crippen molar-refractivity contribution in [1.29, 1.82) is 0 Å². The van der Waals surface area contributed by atoms with E-state index in [1.165, 1.54) is 17.7 Å². The number of halogens is 1. The van der Waals surface area contributed by atoms with E-state index in [0.29, 0.717) is 5.75 Å². The van der Waals surface area contributed by atoms with Crippen LogP contribution in [0.5, 0.6) is 5.75 Å². The lowest BCUT2D eigenvalue weighted by Gasteiger charge is -2.28. The normalized spacial score (nSPS) is 16.3. The molecule has 5 rings (SSSR count). The summed E-state index contributed by atoms with van der Waals surface area (Å²) in [6.07, 6.45) is 3.25. The average Bonchev–Trinajstić information content (AvgIpc) is 3.49. The predicted molar refractivity (Wildman–Crippen MR) is 144 cm³/mol. The highest BCUT2D eigenvalue weighted by atomic mass is 19.1. The van der Waals surface area contributed by atoms with Gasteiger partial charge in [-0.15, -0.1) is 0 Å². The molecule has 192 valence electrons. The van der Waals surface area contributed by atoms with E-state index in [2.05, 4.69) is 55.5 Å². The Morgan fingerprint density at radius 2 is 1.73 bits per heavy atom. The second-order valence-electron chi connectivity index (χ2n) is 11.5. The molecule has 1 fully saturated rings. The molecule has 0 radical (unpaired) electrons. The Kier molecular flexibility index (Phi) is 6.30. The average molecular weight is 500 g/mol. The lowest BCUT2D eigenvalue weighted by molar-refractivity contribution is -0.127. The molecular weight excluding hydrogens is 465 g/mol. The van der Waals surface area contributed by atoms with Gasteiger partial charge in [-0.2, -0.15) is 5.10 Å². The first-order valence-corrected chi connectivity index (χ1v) is 12.9. The Bertz CT molecular complexity index is 1410. The molecule has 1 aromatic heterocycles. The molecule has 1 aliphatic carbocycles. The van der Waals surface area contributed by atoms with Crippen molar-refractivity contribution in [1.82, 2.24) is 15.1 Å². The number of nitrogens with zero attached hydrogens (tertiary/aromatic N) is 2. The van der Waals surface area contributed by atoms with Gasteiger partial charge in [0.15, 0.2) is 0 Å². The molecule has 1 heterocycles. The van der Waals surface area contributed by atoms with Crippen LogP contribution in [0, 0.1) is 11.2 Å². The van der Waals surface area contributed by atoms with Gasteiger partial charge in [0.2, 0.25) is 5.91 Å². The molecule has 0 aliphatic heterocycles. The van der Waals surface area contributed by atoms with Crippen molar-refractivity contribution in [2.75, 3.05) is 0 Å². The number of hydrogen-bond donors (Lipinski definition) is 1. The van der Waals surface area contributed by atoms with Crippen molar-refractivity contribution in [2.45, 2.75) is 65.0 Å².